The summed E-state index contributed by atoms with van der Waals surface area (Å²) in [6.07, 6.45) is 3.08. The smallest absolute Gasteiger partial charge is 0.264 e. The van der Waals surface area contributed by atoms with Gasteiger partial charge in [0, 0.05) is 12.1 Å². The molecule has 4 rings (SSSR count). The number of ether oxygens (including phenoxy) is 1. The zero-order valence-corrected chi connectivity index (χ0v) is 18.1. The highest BCUT2D eigenvalue weighted by molar-refractivity contribution is 5.94. The lowest BCUT2D eigenvalue weighted by Gasteiger charge is -2.08. The van der Waals surface area contributed by atoms with Gasteiger partial charge in [0.2, 0.25) is 0 Å². The molecule has 1 N–H and O–H groups in total. The monoisotopic (exact) mass is 431 g/mol. The van der Waals surface area contributed by atoms with E-state index in [-0.39, 0.29) is 11.5 Å². The van der Waals surface area contributed by atoms with Crippen LogP contribution in [0.15, 0.2) is 65.8 Å². The third-order valence-electron chi connectivity index (χ3n) is 5.09. The van der Waals surface area contributed by atoms with Crippen LogP contribution in [0.1, 0.15) is 28.4 Å². The molecule has 0 aliphatic carbocycles. The van der Waals surface area contributed by atoms with Crippen molar-refractivity contribution in [3.8, 4) is 5.75 Å². The van der Waals surface area contributed by atoms with Gasteiger partial charge in [-0.25, -0.2) is 9.67 Å². The Bertz CT molecular complexity index is 1290. The van der Waals surface area contributed by atoms with E-state index in [4.69, 9.17) is 4.74 Å². The predicted molar refractivity (Wildman–Crippen MR) is 122 cm³/mol. The van der Waals surface area contributed by atoms with E-state index < -0.39 is 0 Å². The van der Waals surface area contributed by atoms with Gasteiger partial charge in [-0.05, 0) is 43.7 Å². The summed E-state index contributed by atoms with van der Waals surface area (Å²) in [6, 6.07) is 15.0. The van der Waals surface area contributed by atoms with Crippen LogP contribution in [0.25, 0.3) is 11.0 Å². The predicted octanol–water partition coefficient (Wildman–Crippen LogP) is 2.78. The van der Waals surface area contributed by atoms with Crippen molar-refractivity contribution in [2.75, 3.05) is 13.2 Å². The molecule has 8 heteroatoms. The average Bonchev–Trinajstić information content (AvgIpc) is 3.20. The van der Waals surface area contributed by atoms with Gasteiger partial charge in [-0.2, -0.15) is 5.10 Å². The third kappa shape index (κ3) is 4.69. The normalized spacial score (nSPS) is 10.9. The first-order chi connectivity index (χ1) is 15.5. The van der Waals surface area contributed by atoms with E-state index in [1.807, 2.05) is 38.1 Å². The van der Waals surface area contributed by atoms with Crippen molar-refractivity contribution >= 4 is 16.9 Å². The van der Waals surface area contributed by atoms with Gasteiger partial charge in [0.1, 0.15) is 17.5 Å². The molecule has 0 aliphatic heterocycles. The number of nitrogens with zero attached hydrogens (tertiary/aromatic N) is 4. The summed E-state index contributed by atoms with van der Waals surface area (Å²) < 4.78 is 8.60. The van der Waals surface area contributed by atoms with Crippen LogP contribution in [0.5, 0.6) is 5.75 Å². The van der Waals surface area contributed by atoms with Gasteiger partial charge in [0.15, 0.2) is 5.65 Å². The van der Waals surface area contributed by atoms with Crippen LogP contribution in [0.4, 0.5) is 0 Å². The van der Waals surface area contributed by atoms with Gasteiger partial charge >= 0.3 is 0 Å². The summed E-state index contributed by atoms with van der Waals surface area (Å²) in [5.41, 5.74) is 3.10. The zero-order valence-electron chi connectivity index (χ0n) is 18.1. The number of fused-ring (bicyclic) bond motifs is 1. The molecule has 0 aliphatic rings. The summed E-state index contributed by atoms with van der Waals surface area (Å²) in [5, 5.41) is 7.62. The molecule has 0 fully saturated rings. The van der Waals surface area contributed by atoms with Crippen molar-refractivity contribution in [1.29, 1.82) is 0 Å². The highest BCUT2D eigenvalue weighted by Crippen LogP contribution is 2.12. The fourth-order valence-electron chi connectivity index (χ4n) is 3.53. The Balaban J connectivity index is 1.41. The van der Waals surface area contributed by atoms with Gasteiger partial charge in [0.25, 0.3) is 11.5 Å². The average molecular weight is 431 g/mol. The lowest BCUT2D eigenvalue weighted by molar-refractivity contribution is 0.0952. The number of carbonyl (C=O) groups is 1. The second-order valence-electron chi connectivity index (χ2n) is 7.48. The zero-order chi connectivity index (χ0) is 22.5. The van der Waals surface area contributed by atoms with Gasteiger partial charge in [-0.15, -0.1) is 0 Å². The fourth-order valence-corrected chi connectivity index (χ4v) is 3.53. The first-order valence-electron chi connectivity index (χ1n) is 10.5. The van der Waals surface area contributed by atoms with Crippen molar-refractivity contribution < 1.29 is 9.53 Å². The number of aromatic nitrogens is 4. The minimum absolute atomic E-state index is 0.138. The van der Waals surface area contributed by atoms with Crippen molar-refractivity contribution in [1.82, 2.24) is 24.6 Å². The summed E-state index contributed by atoms with van der Waals surface area (Å²) in [5.74, 6) is 0.546. The molecule has 8 nitrogen and oxygen atoms in total. The first kappa shape index (κ1) is 21.3. The topological polar surface area (TPSA) is 91.0 Å². The highest BCUT2D eigenvalue weighted by Gasteiger charge is 2.11. The van der Waals surface area contributed by atoms with Gasteiger partial charge in [-0.3, -0.25) is 14.2 Å². The standard InChI is InChI=1S/C24H25N5O3/c1-3-32-20-9-7-19(8-10-20)23(30)25-11-12-29-22-21(14-27-29)24(31)28(16-26-22)15-18-6-4-5-17(2)13-18/h4-10,13-14,16H,3,11-12,15H2,1-2H3,(H,25,30). The Kier molecular flexibility index (Phi) is 6.30. The molecule has 32 heavy (non-hydrogen) atoms. The van der Waals surface area contributed by atoms with E-state index >= 15 is 0 Å². The molecular weight excluding hydrogens is 406 g/mol. The van der Waals surface area contributed by atoms with E-state index in [1.54, 1.807) is 39.8 Å². The quantitative estimate of drug-likeness (QED) is 0.463. The summed E-state index contributed by atoms with van der Waals surface area (Å²) in [6.45, 7) is 5.72. The van der Waals surface area contributed by atoms with Crippen molar-refractivity contribution in [3.63, 3.8) is 0 Å². The number of carbonyl (C=O) groups excluding carboxylic acids is 1. The molecule has 164 valence electrons. The second kappa shape index (κ2) is 9.47. The number of benzene rings is 2. The van der Waals surface area contributed by atoms with E-state index in [2.05, 4.69) is 15.4 Å². The molecule has 2 aromatic carbocycles. The molecule has 0 spiro atoms. The van der Waals surface area contributed by atoms with Gasteiger partial charge < -0.3 is 10.1 Å². The number of amides is 1. The van der Waals surface area contributed by atoms with Crippen LogP contribution in [0, 0.1) is 6.92 Å². The SMILES string of the molecule is CCOc1ccc(C(=O)NCCn2ncc3c(=O)n(Cc4cccc(C)c4)cnc32)cc1. The molecule has 0 radical (unpaired) electrons. The molecule has 1 amide bonds. The minimum Gasteiger partial charge on any atom is -0.494 e. The number of hydrogen-bond donors (Lipinski definition) is 1. The van der Waals surface area contributed by atoms with E-state index in [1.165, 1.54) is 6.20 Å². The highest BCUT2D eigenvalue weighted by atomic mass is 16.5. The number of nitrogens with one attached hydrogen (secondary N) is 1. The van der Waals surface area contributed by atoms with Crippen molar-refractivity contribution in [3.05, 3.63) is 88.1 Å². The number of hydrogen-bond acceptors (Lipinski definition) is 5. The fraction of sp³-hybridized carbons (Fsp3) is 0.250. The molecule has 0 atom stereocenters. The van der Waals surface area contributed by atoms with Crippen molar-refractivity contribution in [2.45, 2.75) is 26.9 Å². The third-order valence-corrected chi connectivity index (χ3v) is 5.09. The molecule has 0 bridgehead atoms. The summed E-state index contributed by atoms with van der Waals surface area (Å²) in [4.78, 5) is 29.7. The maximum Gasteiger partial charge on any atom is 0.264 e. The molecule has 0 saturated heterocycles. The second-order valence-corrected chi connectivity index (χ2v) is 7.48. The molecule has 2 heterocycles. The number of rotatable bonds is 8. The molecule has 2 aromatic heterocycles. The Morgan fingerprint density at radius 2 is 1.97 bits per heavy atom. The van der Waals surface area contributed by atoms with Crippen LogP contribution in [-0.2, 0) is 13.1 Å². The Labute approximate surface area is 185 Å². The first-order valence-corrected chi connectivity index (χ1v) is 10.5. The molecular formula is C24H25N5O3. The maximum atomic E-state index is 12.9. The summed E-state index contributed by atoms with van der Waals surface area (Å²) >= 11 is 0. The molecule has 0 unspecified atom stereocenters. The van der Waals surface area contributed by atoms with Crippen LogP contribution in [0.3, 0.4) is 0 Å². The van der Waals surface area contributed by atoms with Crippen molar-refractivity contribution in [2.24, 2.45) is 0 Å². The minimum atomic E-state index is -0.182. The van der Waals surface area contributed by atoms with Gasteiger partial charge in [0.05, 0.1) is 25.9 Å². The Hall–Kier alpha value is -3.94. The largest absolute Gasteiger partial charge is 0.494 e. The molecule has 4 aromatic rings. The van der Waals surface area contributed by atoms with E-state index in [0.29, 0.717) is 42.8 Å². The van der Waals surface area contributed by atoms with Gasteiger partial charge in [-0.1, -0.05) is 29.8 Å². The molecule has 0 saturated carbocycles. The van der Waals surface area contributed by atoms with Crippen LogP contribution < -0.4 is 15.6 Å². The Morgan fingerprint density at radius 1 is 1.16 bits per heavy atom. The maximum absolute atomic E-state index is 12.9. The van der Waals surface area contributed by atoms with Crippen LogP contribution in [-0.4, -0.2) is 38.4 Å². The number of aryl methyl sites for hydroxylation is 1. The lowest BCUT2D eigenvalue weighted by atomic mass is 10.1. The Morgan fingerprint density at radius 3 is 2.72 bits per heavy atom. The van der Waals surface area contributed by atoms with E-state index in [9.17, 15) is 9.59 Å². The lowest BCUT2D eigenvalue weighted by Crippen LogP contribution is -2.27. The van der Waals surface area contributed by atoms with Crippen LogP contribution in [0.2, 0.25) is 0 Å². The van der Waals surface area contributed by atoms with Crippen LogP contribution >= 0.6 is 0 Å². The van der Waals surface area contributed by atoms with E-state index in [0.717, 1.165) is 16.9 Å². The summed E-state index contributed by atoms with van der Waals surface area (Å²) in [7, 11) is 0.